The number of carbonyl (C=O) groups excluding carboxylic acids is 1. The van der Waals surface area contributed by atoms with Crippen molar-refractivity contribution in [3.63, 3.8) is 0 Å². The number of halogens is 4. The standard InChI is InChI=1S/C13H7Br3ClNO2/c14-6-3-9(15)12(10(16)4-6)18-13(20)8-2-1-7(17)5-11(8)19/h1-5,19H,(H,18,20). The lowest BCUT2D eigenvalue weighted by molar-refractivity contribution is 0.102. The Balaban J connectivity index is 2.33. The zero-order chi connectivity index (χ0) is 14.9. The first-order valence-electron chi connectivity index (χ1n) is 5.33. The first-order valence-corrected chi connectivity index (χ1v) is 8.08. The number of phenols is 1. The number of rotatable bonds is 2. The zero-order valence-corrected chi connectivity index (χ0v) is 15.3. The summed E-state index contributed by atoms with van der Waals surface area (Å²) < 4.78 is 2.28. The third kappa shape index (κ3) is 3.55. The minimum atomic E-state index is -0.428. The Morgan fingerprint density at radius 1 is 1.10 bits per heavy atom. The quantitative estimate of drug-likeness (QED) is 0.585. The van der Waals surface area contributed by atoms with E-state index in [9.17, 15) is 9.90 Å². The largest absolute Gasteiger partial charge is 0.507 e. The number of anilines is 1. The Morgan fingerprint density at radius 2 is 1.70 bits per heavy atom. The molecule has 0 radical (unpaired) electrons. The third-order valence-corrected chi connectivity index (χ3v) is 4.39. The molecule has 2 aromatic rings. The molecule has 0 saturated carbocycles. The topological polar surface area (TPSA) is 49.3 Å². The van der Waals surface area contributed by atoms with Crippen molar-refractivity contribution >= 4 is 71.0 Å². The summed E-state index contributed by atoms with van der Waals surface area (Å²) in [5, 5.41) is 12.8. The van der Waals surface area contributed by atoms with Gasteiger partial charge in [-0.2, -0.15) is 0 Å². The first kappa shape index (κ1) is 15.8. The number of hydrogen-bond donors (Lipinski definition) is 2. The van der Waals surface area contributed by atoms with Crippen molar-refractivity contribution in [1.82, 2.24) is 0 Å². The van der Waals surface area contributed by atoms with Crippen molar-refractivity contribution < 1.29 is 9.90 Å². The normalized spacial score (nSPS) is 10.4. The van der Waals surface area contributed by atoms with Gasteiger partial charge in [-0.1, -0.05) is 27.5 Å². The summed E-state index contributed by atoms with van der Waals surface area (Å²) in [4.78, 5) is 12.2. The molecular weight excluding hydrogens is 477 g/mol. The van der Waals surface area contributed by atoms with Crippen LogP contribution >= 0.6 is 59.4 Å². The van der Waals surface area contributed by atoms with E-state index < -0.39 is 5.91 Å². The van der Waals surface area contributed by atoms with E-state index in [4.69, 9.17) is 11.6 Å². The van der Waals surface area contributed by atoms with E-state index in [1.807, 2.05) is 12.1 Å². The Hall–Kier alpha value is -0.560. The summed E-state index contributed by atoms with van der Waals surface area (Å²) in [5.74, 6) is -0.595. The molecule has 0 fully saturated rings. The van der Waals surface area contributed by atoms with Crippen LogP contribution in [0.1, 0.15) is 10.4 Å². The molecule has 2 rings (SSSR count). The summed E-state index contributed by atoms with van der Waals surface area (Å²) in [7, 11) is 0. The van der Waals surface area contributed by atoms with Crippen LogP contribution in [0.15, 0.2) is 43.7 Å². The molecule has 2 N–H and O–H groups in total. The smallest absolute Gasteiger partial charge is 0.259 e. The molecule has 0 aliphatic carbocycles. The van der Waals surface area contributed by atoms with Gasteiger partial charge in [-0.25, -0.2) is 0 Å². The van der Waals surface area contributed by atoms with Gasteiger partial charge >= 0.3 is 0 Å². The second-order valence-electron chi connectivity index (χ2n) is 3.86. The highest BCUT2D eigenvalue weighted by atomic mass is 79.9. The Kier molecular flexibility index (Phi) is 5.12. The summed E-state index contributed by atoms with van der Waals surface area (Å²) in [6, 6.07) is 7.95. The second kappa shape index (κ2) is 6.47. The molecule has 20 heavy (non-hydrogen) atoms. The van der Waals surface area contributed by atoms with E-state index in [0.29, 0.717) is 19.7 Å². The van der Waals surface area contributed by atoms with Crippen LogP contribution in [-0.4, -0.2) is 11.0 Å². The van der Waals surface area contributed by atoms with Crippen LogP contribution < -0.4 is 5.32 Å². The number of carbonyl (C=O) groups is 1. The maximum atomic E-state index is 12.2. The average molecular weight is 484 g/mol. The summed E-state index contributed by atoms with van der Waals surface area (Å²) in [5.41, 5.74) is 0.726. The molecular formula is C13H7Br3ClNO2. The molecule has 0 aromatic heterocycles. The van der Waals surface area contributed by atoms with Gasteiger partial charge in [-0.15, -0.1) is 0 Å². The van der Waals surface area contributed by atoms with E-state index >= 15 is 0 Å². The predicted octanol–water partition coefficient (Wildman–Crippen LogP) is 5.59. The molecule has 0 unspecified atom stereocenters. The van der Waals surface area contributed by atoms with Gasteiger partial charge in [-0.3, -0.25) is 4.79 Å². The van der Waals surface area contributed by atoms with Gasteiger partial charge in [0.25, 0.3) is 5.91 Å². The molecule has 0 heterocycles. The molecule has 7 heteroatoms. The van der Waals surface area contributed by atoms with Crippen LogP contribution in [0.4, 0.5) is 5.69 Å². The van der Waals surface area contributed by atoms with Crippen molar-refractivity contribution in [2.45, 2.75) is 0 Å². The fourth-order valence-corrected chi connectivity index (χ4v) is 4.16. The number of benzene rings is 2. The van der Waals surface area contributed by atoms with Crippen LogP contribution in [0.3, 0.4) is 0 Å². The van der Waals surface area contributed by atoms with Gasteiger partial charge in [0.05, 0.1) is 11.3 Å². The zero-order valence-electron chi connectivity index (χ0n) is 9.75. The van der Waals surface area contributed by atoms with E-state index in [0.717, 1.165) is 4.47 Å². The predicted molar refractivity (Wildman–Crippen MR) is 90.6 cm³/mol. The van der Waals surface area contributed by atoms with E-state index in [1.54, 1.807) is 6.07 Å². The van der Waals surface area contributed by atoms with Crippen molar-refractivity contribution in [1.29, 1.82) is 0 Å². The molecule has 0 saturated heterocycles. The van der Waals surface area contributed by atoms with Crippen LogP contribution in [0.2, 0.25) is 5.02 Å². The number of phenolic OH excluding ortho intramolecular Hbond substituents is 1. The van der Waals surface area contributed by atoms with Gasteiger partial charge in [0.1, 0.15) is 5.75 Å². The summed E-state index contributed by atoms with van der Waals surface area (Å²) >= 11 is 15.8. The lowest BCUT2D eigenvalue weighted by Crippen LogP contribution is -2.13. The van der Waals surface area contributed by atoms with Crippen LogP contribution in [0.5, 0.6) is 5.75 Å². The molecule has 0 aliphatic heterocycles. The molecule has 2 aromatic carbocycles. The SMILES string of the molecule is O=C(Nc1c(Br)cc(Br)cc1Br)c1ccc(Cl)cc1O. The lowest BCUT2D eigenvalue weighted by atomic mass is 10.2. The Bertz CT molecular complexity index is 668. The van der Waals surface area contributed by atoms with E-state index in [1.165, 1.54) is 12.1 Å². The summed E-state index contributed by atoms with van der Waals surface area (Å²) in [6.45, 7) is 0. The van der Waals surface area contributed by atoms with Gasteiger partial charge in [0.15, 0.2) is 0 Å². The summed E-state index contributed by atoms with van der Waals surface area (Å²) in [6.07, 6.45) is 0. The molecule has 3 nitrogen and oxygen atoms in total. The van der Waals surface area contributed by atoms with E-state index in [2.05, 4.69) is 53.1 Å². The molecule has 0 spiro atoms. The highest BCUT2D eigenvalue weighted by molar-refractivity contribution is 9.11. The minimum Gasteiger partial charge on any atom is -0.507 e. The third-order valence-electron chi connectivity index (χ3n) is 2.45. The molecule has 0 atom stereocenters. The first-order chi connectivity index (χ1) is 9.38. The fraction of sp³-hybridized carbons (Fsp3) is 0. The van der Waals surface area contributed by atoms with Crippen molar-refractivity contribution in [2.75, 3.05) is 5.32 Å². The number of nitrogens with one attached hydrogen (secondary N) is 1. The van der Waals surface area contributed by atoms with Crippen LogP contribution in [0.25, 0.3) is 0 Å². The fourth-order valence-electron chi connectivity index (χ4n) is 1.54. The Morgan fingerprint density at radius 3 is 2.25 bits per heavy atom. The van der Waals surface area contributed by atoms with Gasteiger partial charge in [-0.05, 0) is 62.2 Å². The number of hydrogen-bond acceptors (Lipinski definition) is 2. The van der Waals surface area contributed by atoms with Gasteiger partial charge in [0.2, 0.25) is 0 Å². The number of amides is 1. The number of aromatic hydroxyl groups is 1. The maximum absolute atomic E-state index is 12.2. The maximum Gasteiger partial charge on any atom is 0.259 e. The molecule has 0 bridgehead atoms. The van der Waals surface area contributed by atoms with Crippen LogP contribution in [-0.2, 0) is 0 Å². The van der Waals surface area contributed by atoms with Crippen molar-refractivity contribution in [2.24, 2.45) is 0 Å². The highest BCUT2D eigenvalue weighted by Gasteiger charge is 2.15. The van der Waals surface area contributed by atoms with Crippen molar-refractivity contribution in [3.8, 4) is 5.75 Å². The second-order valence-corrected chi connectivity index (χ2v) is 6.92. The van der Waals surface area contributed by atoms with Crippen molar-refractivity contribution in [3.05, 3.63) is 54.3 Å². The lowest BCUT2D eigenvalue weighted by Gasteiger charge is -2.11. The molecule has 0 aliphatic rings. The van der Waals surface area contributed by atoms with Gasteiger partial charge < -0.3 is 10.4 Å². The van der Waals surface area contributed by atoms with Crippen LogP contribution in [0, 0.1) is 0 Å². The molecule has 104 valence electrons. The Labute approximate surface area is 145 Å². The monoisotopic (exact) mass is 481 g/mol. The minimum absolute atomic E-state index is 0.149. The van der Waals surface area contributed by atoms with Gasteiger partial charge in [0, 0.05) is 18.4 Å². The van der Waals surface area contributed by atoms with E-state index in [-0.39, 0.29) is 11.3 Å². The average Bonchev–Trinajstić information content (AvgIpc) is 2.33. The highest BCUT2D eigenvalue weighted by Crippen LogP contribution is 2.35. The molecule has 1 amide bonds.